The Bertz CT molecular complexity index is 453. The summed E-state index contributed by atoms with van der Waals surface area (Å²) in [7, 11) is 1.90. The van der Waals surface area contributed by atoms with Crippen LogP contribution in [0.5, 0.6) is 0 Å². The van der Waals surface area contributed by atoms with Gasteiger partial charge in [-0.3, -0.25) is 4.90 Å². The lowest BCUT2D eigenvalue weighted by molar-refractivity contribution is -0.138. The lowest BCUT2D eigenvalue weighted by Gasteiger charge is -2.37. The van der Waals surface area contributed by atoms with E-state index in [0.717, 1.165) is 31.7 Å². The van der Waals surface area contributed by atoms with Crippen LogP contribution < -0.4 is 5.73 Å². The summed E-state index contributed by atoms with van der Waals surface area (Å²) < 4.78 is 39.6. The van der Waals surface area contributed by atoms with Crippen LogP contribution in [0, 0.1) is 0 Å². The zero-order valence-electron chi connectivity index (χ0n) is 12.4. The van der Waals surface area contributed by atoms with Crippen LogP contribution in [0.25, 0.3) is 0 Å². The number of rotatable bonds is 4. The summed E-state index contributed by atoms with van der Waals surface area (Å²) in [6, 6.07) is 5.73. The second-order valence-corrected chi connectivity index (χ2v) is 5.79. The van der Waals surface area contributed by atoms with Gasteiger partial charge in [0.25, 0.3) is 0 Å². The maximum atomic E-state index is 13.2. The van der Waals surface area contributed by atoms with Gasteiger partial charge in [-0.2, -0.15) is 13.2 Å². The van der Waals surface area contributed by atoms with Crippen LogP contribution in [0.4, 0.5) is 13.2 Å². The minimum Gasteiger partial charge on any atom is -0.329 e. The molecule has 21 heavy (non-hydrogen) atoms. The molecule has 0 aliphatic heterocycles. The smallest absolute Gasteiger partial charge is 0.329 e. The van der Waals surface area contributed by atoms with Crippen LogP contribution >= 0.6 is 0 Å². The molecule has 0 spiro atoms. The Balaban J connectivity index is 2.28. The summed E-state index contributed by atoms with van der Waals surface area (Å²) in [6.07, 6.45) is 1.26. The van der Waals surface area contributed by atoms with E-state index in [0.29, 0.717) is 11.6 Å². The number of alkyl halides is 3. The van der Waals surface area contributed by atoms with E-state index < -0.39 is 11.7 Å². The highest BCUT2D eigenvalue weighted by Gasteiger charge is 2.36. The highest BCUT2D eigenvalue weighted by molar-refractivity contribution is 5.32. The van der Waals surface area contributed by atoms with Crippen LogP contribution in [0.3, 0.4) is 0 Å². The first kappa shape index (κ1) is 16.3. The quantitative estimate of drug-likeness (QED) is 0.911. The number of nitrogens with two attached hydrogens (primary N) is 1. The summed E-state index contributed by atoms with van der Waals surface area (Å²) in [6.45, 7) is 0.195. The minimum absolute atomic E-state index is 0.195. The summed E-state index contributed by atoms with van der Waals surface area (Å²) >= 11 is 0. The largest absolute Gasteiger partial charge is 0.416 e. The molecule has 0 aromatic heterocycles. The molecule has 1 aromatic rings. The standard InChI is InChI=1S/C16H23F3N2/c1-21(12-7-3-2-4-8-12)15(11-20)13-9-5-6-10-14(13)16(17,18)19/h5-6,9-10,12,15H,2-4,7-8,11,20H2,1H3. The van der Waals surface area contributed by atoms with Crippen molar-refractivity contribution in [1.82, 2.24) is 4.90 Å². The predicted molar refractivity (Wildman–Crippen MR) is 77.9 cm³/mol. The van der Waals surface area contributed by atoms with Gasteiger partial charge in [0.05, 0.1) is 5.56 Å². The first-order valence-corrected chi connectivity index (χ1v) is 7.53. The SMILES string of the molecule is CN(C1CCCCC1)C(CN)c1ccccc1C(F)(F)F. The van der Waals surface area contributed by atoms with Gasteiger partial charge in [-0.25, -0.2) is 0 Å². The molecule has 1 fully saturated rings. The van der Waals surface area contributed by atoms with Crippen molar-refractivity contribution in [1.29, 1.82) is 0 Å². The Morgan fingerprint density at radius 1 is 1.19 bits per heavy atom. The second-order valence-electron chi connectivity index (χ2n) is 5.79. The molecule has 0 amide bonds. The molecule has 1 atom stereocenters. The number of hydrogen-bond acceptors (Lipinski definition) is 2. The minimum atomic E-state index is -4.34. The lowest BCUT2D eigenvalue weighted by Crippen LogP contribution is -2.40. The van der Waals surface area contributed by atoms with Crippen molar-refractivity contribution in [2.45, 2.75) is 50.4 Å². The van der Waals surface area contributed by atoms with E-state index in [4.69, 9.17) is 5.73 Å². The van der Waals surface area contributed by atoms with E-state index in [1.165, 1.54) is 12.5 Å². The molecule has 1 aliphatic rings. The van der Waals surface area contributed by atoms with Gasteiger partial charge in [0, 0.05) is 18.6 Å². The van der Waals surface area contributed by atoms with Crippen molar-refractivity contribution in [3.05, 3.63) is 35.4 Å². The summed E-state index contributed by atoms with van der Waals surface area (Å²) in [5.74, 6) is 0. The monoisotopic (exact) mass is 300 g/mol. The van der Waals surface area contributed by atoms with Gasteiger partial charge in [0.2, 0.25) is 0 Å². The van der Waals surface area contributed by atoms with Gasteiger partial charge in [0.1, 0.15) is 0 Å². The molecule has 1 saturated carbocycles. The molecule has 2 N–H and O–H groups in total. The van der Waals surface area contributed by atoms with E-state index in [1.807, 2.05) is 11.9 Å². The number of benzene rings is 1. The van der Waals surface area contributed by atoms with Gasteiger partial charge in [-0.05, 0) is 31.5 Å². The van der Waals surface area contributed by atoms with E-state index in [-0.39, 0.29) is 12.6 Å². The average Bonchev–Trinajstić information content (AvgIpc) is 2.48. The van der Waals surface area contributed by atoms with Crippen LogP contribution in [-0.4, -0.2) is 24.5 Å². The third-order valence-electron chi connectivity index (χ3n) is 4.49. The molecular formula is C16H23F3N2. The summed E-state index contributed by atoms with van der Waals surface area (Å²) in [5, 5.41) is 0. The van der Waals surface area contributed by atoms with Gasteiger partial charge in [-0.15, -0.1) is 0 Å². The maximum absolute atomic E-state index is 13.2. The fraction of sp³-hybridized carbons (Fsp3) is 0.625. The maximum Gasteiger partial charge on any atom is 0.416 e. The van der Waals surface area contributed by atoms with Crippen molar-refractivity contribution in [2.24, 2.45) is 5.73 Å². The first-order valence-electron chi connectivity index (χ1n) is 7.53. The number of likely N-dealkylation sites (N-methyl/N-ethyl adjacent to an activating group) is 1. The molecule has 0 saturated heterocycles. The second kappa shape index (κ2) is 6.79. The highest BCUT2D eigenvalue weighted by Crippen LogP contribution is 2.37. The van der Waals surface area contributed by atoms with E-state index >= 15 is 0 Å². The molecule has 1 unspecified atom stereocenters. The van der Waals surface area contributed by atoms with Crippen molar-refractivity contribution in [3.8, 4) is 0 Å². The molecule has 118 valence electrons. The van der Waals surface area contributed by atoms with Gasteiger partial charge in [0.15, 0.2) is 0 Å². The zero-order valence-corrected chi connectivity index (χ0v) is 12.4. The van der Waals surface area contributed by atoms with E-state index in [1.54, 1.807) is 12.1 Å². The number of hydrogen-bond donors (Lipinski definition) is 1. The van der Waals surface area contributed by atoms with Crippen molar-refractivity contribution in [3.63, 3.8) is 0 Å². The Morgan fingerprint density at radius 2 is 1.81 bits per heavy atom. The topological polar surface area (TPSA) is 29.3 Å². The highest BCUT2D eigenvalue weighted by atomic mass is 19.4. The molecule has 5 heteroatoms. The molecular weight excluding hydrogens is 277 g/mol. The normalized spacial score (nSPS) is 19.0. The first-order chi connectivity index (χ1) is 9.95. The van der Waals surface area contributed by atoms with Crippen LogP contribution in [0.2, 0.25) is 0 Å². The molecule has 1 aromatic carbocycles. The average molecular weight is 300 g/mol. The molecule has 2 nitrogen and oxygen atoms in total. The van der Waals surface area contributed by atoms with E-state index in [2.05, 4.69) is 0 Å². The summed E-state index contributed by atoms with van der Waals surface area (Å²) in [5.41, 5.74) is 5.54. The van der Waals surface area contributed by atoms with Gasteiger partial charge in [-0.1, -0.05) is 37.5 Å². The van der Waals surface area contributed by atoms with Crippen LogP contribution in [-0.2, 0) is 6.18 Å². The molecule has 2 rings (SSSR count). The summed E-state index contributed by atoms with van der Waals surface area (Å²) in [4.78, 5) is 2.05. The Labute approximate surface area is 124 Å². The fourth-order valence-corrected chi connectivity index (χ4v) is 3.30. The van der Waals surface area contributed by atoms with Crippen LogP contribution in [0.1, 0.15) is 49.3 Å². The van der Waals surface area contributed by atoms with E-state index in [9.17, 15) is 13.2 Å². The van der Waals surface area contributed by atoms with Crippen molar-refractivity contribution < 1.29 is 13.2 Å². The third kappa shape index (κ3) is 3.77. The number of halogens is 3. The lowest BCUT2D eigenvalue weighted by atomic mass is 9.91. The molecule has 0 heterocycles. The molecule has 0 bridgehead atoms. The Kier molecular flexibility index (Phi) is 5.27. The van der Waals surface area contributed by atoms with Crippen molar-refractivity contribution in [2.75, 3.05) is 13.6 Å². The molecule has 1 aliphatic carbocycles. The molecule has 0 radical (unpaired) electrons. The number of nitrogens with zero attached hydrogens (tertiary/aromatic N) is 1. The Morgan fingerprint density at radius 3 is 2.38 bits per heavy atom. The van der Waals surface area contributed by atoms with Gasteiger partial charge >= 0.3 is 6.18 Å². The third-order valence-corrected chi connectivity index (χ3v) is 4.49. The fourth-order valence-electron chi connectivity index (χ4n) is 3.30. The predicted octanol–water partition coefficient (Wildman–Crippen LogP) is 3.97. The van der Waals surface area contributed by atoms with Gasteiger partial charge < -0.3 is 5.73 Å². The van der Waals surface area contributed by atoms with Crippen LogP contribution in [0.15, 0.2) is 24.3 Å². The zero-order chi connectivity index (χ0) is 15.5. The van der Waals surface area contributed by atoms with Crippen molar-refractivity contribution >= 4 is 0 Å². The Hall–Kier alpha value is -1.07.